The maximum absolute atomic E-state index is 13.3. The zero-order valence-electron chi connectivity index (χ0n) is 19.4. The van der Waals surface area contributed by atoms with Crippen molar-refractivity contribution in [1.29, 1.82) is 0 Å². The Bertz CT molecular complexity index is 1030. The highest BCUT2D eigenvalue weighted by molar-refractivity contribution is 7.89. The molecule has 0 aliphatic carbocycles. The molecule has 1 saturated heterocycles. The molecule has 1 atom stereocenters. The van der Waals surface area contributed by atoms with Crippen LogP contribution in [-0.2, 0) is 27.8 Å². The van der Waals surface area contributed by atoms with Gasteiger partial charge >= 0.3 is 0 Å². The zero-order chi connectivity index (χ0) is 23.4. The third kappa shape index (κ3) is 5.70. The van der Waals surface area contributed by atoms with Crippen LogP contribution in [0.1, 0.15) is 44.7 Å². The molecular weight excluding hydrogens is 424 g/mol. The van der Waals surface area contributed by atoms with E-state index in [0.29, 0.717) is 31.8 Å². The molecule has 1 fully saturated rings. The SMILES string of the molecule is COc1cccc(CNC(=O)[C@]2(C)CCCN(S(=O)(=O)c3ccc(CC(C)C)cc3)C2)c1. The highest BCUT2D eigenvalue weighted by atomic mass is 32.2. The van der Waals surface area contributed by atoms with E-state index < -0.39 is 15.4 Å². The first-order chi connectivity index (χ1) is 15.1. The third-order valence-corrected chi connectivity index (χ3v) is 7.86. The normalized spacial score (nSPS) is 19.7. The molecule has 0 unspecified atom stereocenters. The first-order valence-electron chi connectivity index (χ1n) is 11.1. The summed E-state index contributed by atoms with van der Waals surface area (Å²) < 4.78 is 33.2. The number of hydrogen-bond acceptors (Lipinski definition) is 4. The first kappa shape index (κ1) is 24.3. The van der Waals surface area contributed by atoms with Crippen molar-refractivity contribution in [3.05, 3.63) is 59.7 Å². The molecular formula is C25H34N2O4S. The van der Waals surface area contributed by atoms with Gasteiger partial charge < -0.3 is 10.1 Å². The Morgan fingerprint density at radius 1 is 1.16 bits per heavy atom. The van der Waals surface area contributed by atoms with Crippen molar-refractivity contribution in [2.45, 2.75) is 51.5 Å². The fraction of sp³-hybridized carbons (Fsp3) is 0.480. The van der Waals surface area contributed by atoms with Crippen molar-refractivity contribution in [2.24, 2.45) is 11.3 Å². The van der Waals surface area contributed by atoms with Crippen molar-refractivity contribution in [1.82, 2.24) is 9.62 Å². The number of benzene rings is 2. The van der Waals surface area contributed by atoms with E-state index in [1.807, 2.05) is 43.3 Å². The summed E-state index contributed by atoms with van der Waals surface area (Å²) in [4.78, 5) is 13.3. The van der Waals surface area contributed by atoms with E-state index in [2.05, 4.69) is 19.2 Å². The van der Waals surface area contributed by atoms with Crippen LogP contribution in [0.4, 0.5) is 0 Å². The molecule has 174 valence electrons. The second kappa shape index (κ2) is 10.0. The minimum Gasteiger partial charge on any atom is -0.497 e. The highest BCUT2D eigenvalue weighted by Crippen LogP contribution is 2.33. The van der Waals surface area contributed by atoms with E-state index in [1.54, 1.807) is 19.2 Å². The van der Waals surface area contributed by atoms with E-state index in [4.69, 9.17) is 4.74 Å². The Hall–Kier alpha value is -2.38. The summed E-state index contributed by atoms with van der Waals surface area (Å²) in [6.45, 7) is 7.09. The predicted molar refractivity (Wildman–Crippen MR) is 126 cm³/mol. The Morgan fingerprint density at radius 3 is 2.53 bits per heavy atom. The predicted octanol–water partition coefficient (Wildman–Crippen LogP) is 4.00. The molecule has 6 nitrogen and oxygen atoms in total. The van der Waals surface area contributed by atoms with E-state index >= 15 is 0 Å². The van der Waals surface area contributed by atoms with Gasteiger partial charge in [0.25, 0.3) is 0 Å². The lowest BCUT2D eigenvalue weighted by Crippen LogP contribution is -2.51. The lowest BCUT2D eigenvalue weighted by atomic mass is 9.82. The Kier molecular flexibility index (Phi) is 7.62. The standard InChI is InChI=1S/C25H34N2O4S/c1-19(2)15-20-9-11-23(12-10-20)32(29,30)27-14-6-13-25(3,18-27)24(28)26-17-21-7-5-8-22(16-21)31-4/h5,7-12,16,19H,6,13-15,17-18H2,1-4H3,(H,26,28)/t25-/m1/s1. The summed E-state index contributed by atoms with van der Waals surface area (Å²) in [5.41, 5.74) is 1.28. The minimum atomic E-state index is -3.65. The van der Waals surface area contributed by atoms with Crippen LogP contribution in [0.3, 0.4) is 0 Å². The molecule has 1 N–H and O–H groups in total. The minimum absolute atomic E-state index is 0.132. The first-order valence-corrected chi connectivity index (χ1v) is 12.6. The van der Waals surface area contributed by atoms with Gasteiger partial charge in [0.2, 0.25) is 15.9 Å². The largest absolute Gasteiger partial charge is 0.497 e. The van der Waals surface area contributed by atoms with Gasteiger partial charge in [0, 0.05) is 19.6 Å². The second-order valence-corrected chi connectivity index (χ2v) is 11.2. The Balaban J connectivity index is 1.68. The quantitative estimate of drug-likeness (QED) is 0.649. The molecule has 0 bridgehead atoms. The molecule has 1 aliphatic heterocycles. The van der Waals surface area contributed by atoms with Crippen LogP contribution in [0, 0.1) is 11.3 Å². The zero-order valence-corrected chi connectivity index (χ0v) is 20.2. The van der Waals surface area contributed by atoms with Crippen molar-refractivity contribution >= 4 is 15.9 Å². The lowest BCUT2D eigenvalue weighted by Gasteiger charge is -2.38. The van der Waals surface area contributed by atoms with Gasteiger partial charge in [0.15, 0.2) is 0 Å². The summed E-state index contributed by atoms with van der Waals surface area (Å²) in [5.74, 6) is 1.11. The number of methoxy groups -OCH3 is 1. The molecule has 2 aromatic carbocycles. The molecule has 0 aromatic heterocycles. The number of hydrogen-bond donors (Lipinski definition) is 1. The molecule has 0 spiro atoms. The molecule has 0 radical (unpaired) electrons. The number of carbonyl (C=O) groups excluding carboxylic acids is 1. The molecule has 1 heterocycles. The van der Waals surface area contributed by atoms with Crippen LogP contribution in [0.2, 0.25) is 0 Å². The van der Waals surface area contributed by atoms with Gasteiger partial charge in [-0.1, -0.05) is 38.1 Å². The molecule has 32 heavy (non-hydrogen) atoms. The van der Waals surface area contributed by atoms with Gasteiger partial charge in [-0.3, -0.25) is 4.79 Å². The van der Waals surface area contributed by atoms with Crippen LogP contribution >= 0.6 is 0 Å². The number of sulfonamides is 1. The number of amides is 1. The molecule has 3 rings (SSSR count). The van der Waals surface area contributed by atoms with Gasteiger partial charge in [-0.2, -0.15) is 4.31 Å². The molecule has 7 heteroatoms. The van der Waals surface area contributed by atoms with Gasteiger partial charge in [-0.25, -0.2) is 8.42 Å². The van der Waals surface area contributed by atoms with E-state index in [-0.39, 0.29) is 17.3 Å². The Labute approximate surface area is 192 Å². The van der Waals surface area contributed by atoms with Crippen molar-refractivity contribution in [3.63, 3.8) is 0 Å². The van der Waals surface area contributed by atoms with E-state index in [0.717, 1.165) is 23.3 Å². The van der Waals surface area contributed by atoms with Crippen LogP contribution in [0.5, 0.6) is 5.75 Å². The van der Waals surface area contributed by atoms with Crippen molar-refractivity contribution < 1.29 is 17.9 Å². The average molecular weight is 459 g/mol. The monoisotopic (exact) mass is 458 g/mol. The molecule has 1 aliphatic rings. The summed E-state index contributed by atoms with van der Waals surface area (Å²) in [5, 5.41) is 2.98. The molecule has 1 amide bonds. The average Bonchev–Trinajstić information content (AvgIpc) is 2.77. The van der Waals surface area contributed by atoms with Crippen LogP contribution in [-0.4, -0.2) is 38.8 Å². The van der Waals surface area contributed by atoms with E-state index in [1.165, 1.54) is 4.31 Å². The van der Waals surface area contributed by atoms with Crippen LogP contribution < -0.4 is 10.1 Å². The number of ether oxygens (including phenoxy) is 1. The maximum Gasteiger partial charge on any atom is 0.243 e. The fourth-order valence-electron chi connectivity index (χ4n) is 4.18. The van der Waals surface area contributed by atoms with Gasteiger partial charge in [0.1, 0.15) is 5.75 Å². The van der Waals surface area contributed by atoms with Crippen molar-refractivity contribution in [3.8, 4) is 5.75 Å². The van der Waals surface area contributed by atoms with Crippen LogP contribution in [0.15, 0.2) is 53.4 Å². The number of rotatable bonds is 8. The smallest absolute Gasteiger partial charge is 0.243 e. The summed E-state index contributed by atoms with van der Waals surface area (Å²) in [6, 6.07) is 14.7. The maximum atomic E-state index is 13.3. The summed E-state index contributed by atoms with van der Waals surface area (Å²) in [6.07, 6.45) is 2.21. The Morgan fingerprint density at radius 2 is 1.88 bits per heavy atom. The molecule has 2 aromatic rings. The second-order valence-electron chi connectivity index (χ2n) is 9.28. The van der Waals surface area contributed by atoms with Crippen LogP contribution in [0.25, 0.3) is 0 Å². The van der Waals surface area contributed by atoms with E-state index in [9.17, 15) is 13.2 Å². The van der Waals surface area contributed by atoms with Gasteiger partial charge in [0.05, 0.1) is 17.4 Å². The number of nitrogens with one attached hydrogen (secondary N) is 1. The van der Waals surface area contributed by atoms with Gasteiger partial charge in [-0.15, -0.1) is 0 Å². The summed E-state index contributed by atoms with van der Waals surface area (Å²) in [7, 11) is -2.05. The number of piperidine rings is 1. The molecule has 0 saturated carbocycles. The fourth-order valence-corrected chi connectivity index (χ4v) is 5.78. The van der Waals surface area contributed by atoms with Crippen molar-refractivity contribution in [2.75, 3.05) is 20.2 Å². The number of nitrogens with zero attached hydrogens (tertiary/aromatic N) is 1. The lowest BCUT2D eigenvalue weighted by molar-refractivity contribution is -0.132. The topological polar surface area (TPSA) is 75.7 Å². The third-order valence-electron chi connectivity index (χ3n) is 6.00. The number of carbonyl (C=O) groups is 1. The highest BCUT2D eigenvalue weighted by Gasteiger charge is 2.41. The summed E-state index contributed by atoms with van der Waals surface area (Å²) >= 11 is 0. The van der Waals surface area contributed by atoms with Gasteiger partial charge in [-0.05, 0) is 67.5 Å².